The largest absolute Gasteiger partial charge is 0.478 e. The van der Waals surface area contributed by atoms with Crippen molar-refractivity contribution >= 4 is 11.9 Å². The van der Waals surface area contributed by atoms with Gasteiger partial charge in [-0.1, -0.05) is 25.0 Å². The average molecular weight is 290 g/mol. The monoisotopic (exact) mass is 290 g/mol. The Labute approximate surface area is 125 Å². The van der Waals surface area contributed by atoms with E-state index in [0.29, 0.717) is 6.54 Å². The zero-order valence-corrected chi connectivity index (χ0v) is 12.6. The van der Waals surface area contributed by atoms with Gasteiger partial charge in [0.2, 0.25) is 0 Å². The lowest BCUT2D eigenvalue weighted by Gasteiger charge is -2.36. The van der Waals surface area contributed by atoms with E-state index in [1.165, 1.54) is 18.9 Å². The fourth-order valence-corrected chi connectivity index (χ4v) is 3.02. The van der Waals surface area contributed by atoms with Gasteiger partial charge in [-0.25, -0.2) is 4.79 Å². The number of hydrogen-bond acceptors (Lipinski definition) is 3. The molecule has 1 aromatic carbocycles. The Hall–Kier alpha value is -1.88. The van der Waals surface area contributed by atoms with E-state index >= 15 is 0 Å². The third-order valence-corrected chi connectivity index (χ3v) is 4.46. The number of nitrogens with one attached hydrogen (secondary N) is 1. The van der Waals surface area contributed by atoms with Gasteiger partial charge >= 0.3 is 5.97 Å². The summed E-state index contributed by atoms with van der Waals surface area (Å²) in [5, 5.41) is 12.1. The highest BCUT2D eigenvalue weighted by Gasteiger charge is 2.36. The number of carboxylic acids is 1. The third kappa shape index (κ3) is 3.24. The van der Waals surface area contributed by atoms with E-state index in [9.17, 15) is 9.59 Å². The quantitative estimate of drug-likeness (QED) is 0.870. The molecule has 2 N–H and O–H groups in total. The zero-order valence-electron chi connectivity index (χ0n) is 12.6. The lowest BCUT2D eigenvalue weighted by molar-refractivity contribution is 0.0690. The molecule has 1 amide bonds. The van der Waals surface area contributed by atoms with Crippen molar-refractivity contribution in [2.45, 2.75) is 31.2 Å². The topological polar surface area (TPSA) is 69.6 Å². The molecule has 5 heteroatoms. The van der Waals surface area contributed by atoms with E-state index in [1.807, 2.05) is 14.1 Å². The molecule has 5 nitrogen and oxygen atoms in total. The molecular formula is C16H22N2O3. The Morgan fingerprint density at radius 3 is 2.29 bits per heavy atom. The van der Waals surface area contributed by atoms with E-state index in [4.69, 9.17) is 5.11 Å². The molecule has 0 atom stereocenters. The van der Waals surface area contributed by atoms with Crippen LogP contribution in [0.2, 0.25) is 0 Å². The highest BCUT2D eigenvalue weighted by atomic mass is 16.4. The lowest BCUT2D eigenvalue weighted by Crippen LogP contribution is -2.50. The van der Waals surface area contributed by atoms with Gasteiger partial charge < -0.3 is 15.3 Å². The number of likely N-dealkylation sites (N-methyl/N-ethyl adjacent to an activating group) is 1. The summed E-state index contributed by atoms with van der Waals surface area (Å²) in [4.78, 5) is 25.6. The van der Waals surface area contributed by atoms with E-state index < -0.39 is 5.97 Å². The molecule has 0 spiro atoms. The first-order valence-corrected chi connectivity index (χ1v) is 7.24. The molecule has 1 aliphatic carbocycles. The van der Waals surface area contributed by atoms with Crippen molar-refractivity contribution < 1.29 is 14.7 Å². The predicted octanol–water partition coefficient (Wildman–Crippen LogP) is 1.99. The molecule has 0 unspecified atom stereocenters. The van der Waals surface area contributed by atoms with Crippen LogP contribution in [0.3, 0.4) is 0 Å². The van der Waals surface area contributed by atoms with Crippen LogP contribution in [-0.2, 0) is 0 Å². The van der Waals surface area contributed by atoms with Gasteiger partial charge in [-0.15, -0.1) is 0 Å². The van der Waals surface area contributed by atoms with E-state index in [-0.39, 0.29) is 22.6 Å². The summed E-state index contributed by atoms with van der Waals surface area (Å²) in [6, 6.07) is 6.31. The van der Waals surface area contributed by atoms with Crippen LogP contribution in [0.5, 0.6) is 0 Å². The molecular weight excluding hydrogens is 268 g/mol. The number of nitrogens with zero attached hydrogens (tertiary/aromatic N) is 1. The Bertz CT molecular complexity index is 534. The summed E-state index contributed by atoms with van der Waals surface area (Å²) in [5.74, 6) is -1.40. The van der Waals surface area contributed by atoms with Gasteiger partial charge in [0, 0.05) is 12.1 Å². The number of carbonyl (C=O) groups is 2. The molecule has 114 valence electrons. The summed E-state index contributed by atoms with van der Waals surface area (Å²) in [5.41, 5.74) is 0.255. The molecule has 2 rings (SSSR count). The van der Waals surface area contributed by atoms with E-state index in [1.54, 1.807) is 18.2 Å². The van der Waals surface area contributed by atoms with Crippen molar-refractivity contribution in [3.8, 4) is 0 Å². The van der Waals surface area contributed by atoms with Crippen LogP contribution in [0.1, 0.15) is 46.4 Å². The maximum absolute atomic E-state index is 12.3. The molecule has 21 heavy (non-hydrogen) atoms. The number of rotatable bonds is 5. The van der Waals surface area contributed by atoms with Gasteiger partial charge in [-0.2, -0.15) is 0 Å². The van der Waals surface area contributed by atoms with Gasteiger partial charge in [0.1, 0.15) is 0 Å². The Balaban J connectivity index is 2.10. The number of carboxylic acid groups (broad SMARTS) is 1. The van der Waals surface area contributed by atoms with Crippen LogP contribution in [0.15, 0.2) is 24.3 Å². The molecule has 0 heterocycles. The minimum absolute atomic E-state index is 0.00612. The molecule has 0 saturated heterocycles. The summed E-state index contributed by atoms with van der Waals surface area (Å²) in [6.45, 7) is 0.548. The molecule has 0 aromatic heterocycles. The minimum atomic E-state index is -1.08. The number of aromatic carboxylic acids is 1. The van der Waals surface area contributed by atoms with Crippen molar-refractivity contribution in [1.29, 1.82) is 0 Å². The fourth-order valence-electron chi connectivity index (χ4n) is 3.02. The predicted molar refractivity (Wildman–Crippen MR) is 80.6 cm³/mol. The van der Waals surface area contributed by atoms with Gasteiger partial charge in [0.25, 0.3) is 5.91 Å². The maximum Gasteiger partial charge on any atom is 0.336 e. The minimum Gasteiger partial charge on any atom is -0.478 e. The molecule has 0 radical (unpaired) electrons. The summed E-state index contributed by atoms with van der Waals surface area (Å²) in [7, 11) is 4.06. The summed E-state index contributed by atoms with van der Waals surface area (Å²) >= 11 is 0. The smallest absolute Gasteiger partial charge is 0.336 e. The average Bonchev–Trinajstić information content (AvgIpc) is 2.95. The van der Waals surface area contributed by atoms with Crippen molar-refractivity contribution in [1.82, 2.24) is 10.2 Å². The Morgan fingerprint density at radius 2 is 1.76 bits per heavy atom. The first kappa shape index (κ1) is 15.5. The second kappa shape index (κ2) is 6.26. The second-order valence-electron chi connectivity index (χ2n) is 5.86. The Kier molecular flexibility index (Phi) is 4.63. The first-order chi connectivity index (χ1) is 9.96. The normalized spacial score (nSPS) is 16.9. The summed E-state index contributed by atoms with van der Waals surface area (Å²) in [6.07, 6.45) is 4.45. The molecule has 0 aliphatic heterocycles. The maximum atomic E-state index is 12.3. The molecule has 1 saturated carbocycles. The highest BCUT2D eigenvalue weighted by molar-refractivity contribution is 6.04. The number of benzene rings is 1. The van der Waals surface area contributed by atoms with Gasteiger partial charge in [0.05, 0.1) is 11.1 Å². The van der Waals surface area contributed by atoms with Crippen LogP contribution in [-0.4, -0.2) is 48.1 Å². The summed E-state index contributed by atoms with van der Waals surface area (Å²) < 4.78 is 0. The van der Waals surface area contributed by atoms with E-state index in [2.05, 4.69) is 10.2 Å². The Morgan fingerprint density at radius 1 is 1.19 bits per heavy atom. The molecule has 1 aliphatic rings. The number of hydrogen-bond donors (Lipinski definition) is 2. The van der Waals surface area contributed by atoms with Gasteiger partial charge in [-0.3, -0.25) is 4.79 Å². The molecule has 1 fully saturated rings. The standard InChI is InChI=1S/C16H22N2O3/c1-18(2)16(9-5-6-10-16)11-17-14(19)12-7-3-4-8-13(12)15(20)21/h3-4,7-8H,5-6,9-11H2,1-2H3,(H,17,19)(H,20,21). The highest BCUT2D eigenvalue weighted by Crippen LogP contribution is 2.33. The molecule has 1 aromatic rings. The zero-order chi connectivity index (χ0) is 15.5. The van der Waals surface area contributed by atoms with Crippen molar-refractivity contribution in [3.05, 3.63) is 35.4 Å². The van der Waals surface area contributed by atoms with Crippen molar-refractivity contribution in [3.63, 3.8) is 0 Å². The van der Waals surface area contributed by atoms with E-state index in [0.717, 1.165) is 12.8 Å². The second-order valence-corrected chi connectivity index (χ2v) is 5.86. The lowest BCUT2D eigenvalue weighted by atomic mass is 9.95. The first-order valence-electron chi connectivity index (χ1n) is 7.24. The molecule has 0 bridgehead atoms. The van der Waals surface area contributed by atoms with Crippen molar-refractivity contribution in [2.24, 2.45) is 0 Å². The van der Waals surface area contributed by atoms with Crippen LogP contribution in [0, 0.1) is 0 Å². The van der Waals surface area contributed by atoms with Crippen LogP contribution in [0.25, 0.3) is 0 Å². The SMILES string of the molecule is CN(C)C1(CNC(=O)c2ccccc2C(=O)O)CCCC1. The fraction of sp³-hybridized carbons (Fsp3) is 0.500. The van der Waals surface area contributed by atoms with Crippen LogP contribution >= 0.6 is 0 Å². The van der Waals surface area contributed by atoms with Gasteiger partial charge in [-0.05, 0) is 39.1 Å². The van der Waals surface area contributed by atoms with Crippen molar-refractivity contribution in [2.75, 3.05) is 20.6 Å². The third-order valence-electron chi connectivity index (χ3n) is 4.46. The van der Waals surface area contributed by atoms with Crippen LogP contribution in [0.4, 0.5) is 0 Å². The van der Waals surface area contributed by atoms with Crippen LogP contribution < -0.4 is 5.32 Å². The van der Waals surface area contributed by atoms with Gasteiger partial charge in [0.15, 0.2) is 0 Å². The number of carbonyl (C=O) groups excluding carboxylic acids is 1. The number of amides is 1.